The van der Waals surface area contributed by atoms with Crippen molar-refractivity contribution in [2.24, 2.45) is 0 Å². The van der Waals surface area contributed by atoms with Crippen molar-refractivity contribution in [2.45, 2.75) is 18.7 Å². The van der Waals surface area contributed by atoms with Gasteiger partial charge in [-0.25, -0.2) is 4.39 Å². The molecule has 1 atom stereocenters. The number of ketones is 1. The molecular weight excluding hydrogens is 240 g/mol. The molecule has 0 heterocycles. The number of rotatable bonds is 3. The number of halogens is 4. The molecule has 0 aliphatic heterocycles. The molecule has 0 saturated heterocycles. The quantitative estimate of drug-likeness (QED) is 0.771. The lowest BCUT2D eigenvalue weighted by Crippen LogP contribution is -2.50. The molecule has 17 heavy (non-hydrogen) atoms. The van der Waals surface area contributed by atoms with E-state index in [0.29, 0.717) is 6.92 Å². The van der Waals surface area contributed by atoms with Gasteiger partial charge in [0, 0.05) is 12.7 Å². The lowest BCUT2D eigenvalue weighted by molar-refractivity contribution is -0.264. The fourth-order valence-electron chi connectivity index (χ4n) is 1.66. The van der Waals surface area contributed by atoms with E-state index < -0.39 is 28.9 Å². The summed E-state index contributed by atoms with van der Waals surface area (Å²) in [4.78, 5) is 11.3. The molecule has 0 spiro atoms. The highest BCUT2D eigenvalue weighted by molar-refractivity contribution is 5.87. The molecule has 2 nitrogen and oxygen atoms in total. The molecule has 0 unspecified atom stereocenters. The average Bonchev–Trinajstić information content (AvgIpc) is 2.19. The first kappa shape index (κ1) is 13.6. The minimum atomic E-state index is -5.03. The summed E-state index contributed by atoms with van der Waals surface area (Å²) in [5, 5.41) is 0. The van der Waals surface area contributed by atoms with Crippen LogP contribution in [0, 0.1) is 5.82 Å². The van der Waals surface area contributed by atoms with Crippen molar-refractivity contribution in [3.63, 3.8) is 0 Å². The minimum absolute atomic E-state index is 0.712. The Morgan fingerprint density at radius 1 is 1.24 bits per heavy atom. The van der Waals surface area contributed by atoms with E-state index in [1.807, 2.05) is 0 Å². The van der Waals surface area contributed by atoms with Crippen molar-refractivity contribution < 1.29 is 27.1 Å². The van der Waals surface area contributed by atoms with Crippen LogP contribution in [0.15, 0.2) is 24.3 Å². The predicted octanol–water partition coefficient (Wildman–Crippen LogP) is 2.82. The zero-order valence-electron chi connectivity index (χ0n) is 9.14. The Balaban J connectivity index is 3.55. The molecule has 1 aromatic carbocycles. The normalized spacial score (nSPS) is 15.4. The van der Waals surface area contributed by atoms with E-state index >= 15 is 0 Å². The number of ether oxygens (including phenoxy) is 1. The first-order valence-corrected chi connectivity index (χ1v) is 4.65. The lowest BCUT2D eigenvalue weighted by Gasteiger charge is -2.32. The Morgan fingerprint density at radius 3 is 2.12 bits per heavy atom. The van der Waals surface area contributed by atoms with Gasteiger partial charge in [0.2, 0.25) is 5.60 Å². The molecule has 94 valence electrons. The first-order chi connectivity index (χ1) is 7.77. The maximum absolute atomic E-state index is 13.4. The standard InChI is InChI=1S/C11H10F4O2/c1-7(16)10(17-2,11(13,14)15)8-5-3-4-6-9(8)12/h3-6H,1-2H3/t10-/m1/s1. The maximum atomic E-state index is 13.4. The van der Waals surface area contributed by atoms with Gasteiger partial charge in [-0.3, -0.25) is 4.79 Å². The molecule has 0 aliphatic carbocycles. The van der Waals surface area contributed by atoms with Gasteiger partial charge in [0.25, 0.3) is 0 Å². The number of hydrogen-bond donors (Lipinski definition) is 0. The monoisotopic (exact) mass is 250 g/mol. The molecule has 0 aliphatic rings. The van der Waals surface area contributed by atoms with Crippen LogP contribution in [0.25, 0.3) is 0 Å². The van der Waals surface area contributed by atoms with E-state index in [-0.39, 0.29) is 0 Å². The zero-order valence-corrected chi connectivity index (χ0v) is 9.14. The second-order valence-electron chi connectivity index (χ2n) is 3.42. The Kier molecular flexibility index (Phi) is 3.56. The molecule has 0 aromatic heterocycles. The zero-order chi connectivity index (χ0) is 13.3. The smallest absolute Gasteiger partial charge is 0.358 e. The van der Waals surface area contributed by atoms with Crippen LogP contribution in [-0.4, -0.2) is 19.1 Å². The third kappa shape index (κ3) is 2.04. The van der Waals surface area contributed by atoms with Crippen LogP contribution in [-0.2, 0) is 15.1 Å². The summed E-state index contributed by atoms with van der Waals surface area (Å²) >= 11 is 0. The number of carbonyl (C=O) groups is 1. The van der Waals surface area contributed by atoms with Gasteiger partial charge in [0.1, 0.15) is 5.82 Å². The Morgan fingerprint density at radius 2 is 1.76 bits per heavy atom. The summed E-state index contributed by atoms with van der Waals surface area (Å²) < 4.78 is 56.7. The third-order valence-electron chi connectivity index (χ3n) is 2.45. The Hall–Kier alpha value is -1.43. The van der Waals surface area contributed by atoms with Crippen LogP contribution >= 0.6 is 0 Å². The number of methoxy groups -OCH3 is 1. The van der Waals surface area contributed by atoms with Crippen molar-refractivity contribution in [1.82, 2.24) is 0 Å². The summed E-state index contributed by atoms with van der Waals surface area (Å²) in [5.41, 5.74) is -4.08. The van der Waals surface area contributed by atoms with Gasteiger partial charge in [-0.2, -0.15) is 13.2 Å². The molecule has 0 amide bonds. The fraction of sp³-hybridized carbons (Fsp3) is 0.364. The van der Waals surface area contributed by atoms with E-state index in [1.165, 1.54) is 12.1 Å². The van der Waals surface area contributed by atoms with Crippen molar-refractivity contribution in [3.05, 3.63) is 35.6 Å². The summed E-state index contributed by atoms with van der Waals surface area (Å²) in [6.45, 7) is 0.712. The second kappa shape index (κ2) is 4.44. The van der Waals surface area contributed by atoms with Gasteiger partial charge in [0.15, 0.2) is 5.78 Å². The van der Waals surface area contributed by atoms with E-state index in [1.54, 1.807) is 0 Å². The van der Waals surface area contributed by atoms with Crippen molar-refractivity contribution in [2.75, 3.05) is 7.11 Å². The number of benzene rings is 1. The van der Waals surface area contributed by atoms with Crippen molar-refractivity contribution >= 4 is 5.78 Å². The summed E-state index contributed by atoms with van der Waals surface area (Å²) in [6, 6.07) is 4.17. The topological polar surface area (TPSA) is 26.3 Å². The third-order valence-corrected chi connectivity index (χ3v) is 2.45. The molecule has 1 rings (SSSR count). The van der Waals surface area contributed by atoms with Gasteiger partial charge in [-0.05, 0) is 13.0 Å². The fourth-order valence-corrected chi connectivity index (χ4v) is 1.66. The van der Waals surface area contributed by atoms with E-state index in [2.05, 4.69) is 4.74 Å². The highest BCUT2D eigenvalue weighted by atomic mass is 19.4. The van der Waals surface area contributed by atoms with Gasteiger partial charge in [-0.1, -0.05) is 18.2 Å². The molecule has 0 bridgehead atoms. The lowest BCUT2D eigenvalue weighted by atomic mass is 9.88. The van der Waals surface area contributed by atoms with E-state index in [4.69, 9.17) is 0 Å². The highest BCUT2D eigenvalue weighted by Crippen LogP contribution is 2.43. The predicted molar refractivity (Wildman–Crippen MR) is 51.8 cm³/mol. The maximum Gasteiger partial charge on any atom is 0.429 e. The van der Waals surface area contributed by atoms with Crippen LogP contribution in [0.3, 0.4) is 0 Å². The Labute approximate surface area is 95.2 Å². The van der Waals surface area contributed by atoms with Gasteiger partial charge >= 0.3 is 6.18 Å². The number of hydrogen-bond acceptors (Lipinski definition) is 2. The molecular formula is C11H10F4O2. The van der Waals surface area contributed by atoms with Crippen LogP contribution in [0.2, 0.25) is 0 Å². The van der Waals surface area contributed by atoms with Crippen LogP contribution < -0.4 is 0 Å². The summed E-state index contributed by atoms with van der Waals surface area (Å²) in [7, 11) is 0.724. The Bertz CT molecular complexity index is 428. The average molecular weight is 250 g/mol. The van der Waals surface area contributed by atoms with Gasteiger partial charge < -0.3 is 4.74 Å². The number of alkyl halides is 3. The molecule has 1 aromatic rings. The molecule has 6 heteroatoms. The largest absolute Gasteiger partial charge is 0.429 e. The van der Waals surface area contributed by atoms with Crippen LogP contribution in [0.4, 0.5) is 17.6 Å². The molecule has 0 saturated carbocycles. The van der Waals surface area contributed by atoms with E-state index in [9.17, 15) is 22.4 Å². The van der Waals surface area contributed by atoms with Crippen molar-refractivity contribution in [3.8, 4) is 0 Å². The van der Waals surface area contributed by atoms with Gasteiger partial charge in [0.05, 0.1) is 0 Å². The van der Waals surface area contributed by atoms with Gasteiger partial charge in [-0.15, -0.1) is 0 Å². The molecule has 0 radical (unpaired) electrons. The minimum Gasteiger partial charge on any atom is -0.358 e. The summed E-state index contributed by atoms with van der Waals surface area (Å²) in [5.74, 6) is -2.46. The molecule has 0 N–H and O–H groups in total. The van der Waals surface area contributed by atoms with Crippen LogP contribution in [0.1, 0.15) is 12.5 Å². The number of carbonyl (C=O) groups excluding carboxylic acids is 1. The second-order valence-corrected chi connectivity index (χ2v) is 3.42. The van der Waals surface area contributed by atoms with Crippen LogP contribution in [0.5, 0.6) is 0 Å². The van der Waals surface area contributed by atoms with Crippen molar-refractivity contribution in [1.29, 1.82) is 0 Å². The summed E-state index contributed by atoms with van der Waals surface area (Å²) in [6.07, 6.45) is -5.03. The highest BCUT2D eigenvalue weighted by Gasteiger charge is 2.61. The molecule has 0 fully saturated rings. The number of Topliss-reactive ketones (excluding diaryl/α,β-unsaturated/α-hetero) is 1. The SMILES string of the molecule is CO[C@](C(C)=O)(c1ccccc1F)C(F)(F)F. The first-order valence-electron chi connectivity index (χ1n) is 4.65. The van der Waals surface area contributed by atoms with E-state index in [0.717, 1.165) is 19.2 Å².